The maximum absolute atomic E-state index is 6.94. The lowest BCUT2D eigenvalue weighted by molar-refractivity contribution is 0.436. The van der Waals surface area contributed by atoms with Gasteiger partial charge in [0.2, 0.25) is 0 Å². The molecule has 2 aliphatic carbocycles. The standard InChI is InChI=1S/C111H65N5O4/c1-2-23-72(24-3-1)107-114-108(74-61-53-68(54-62-74)77-30-21-33-84-80-26-5-9-36-89(80)111(103(77)84)92-39-12-18-45-100(92)118-101-46-19-13-40-93(101)111)116-109(115-107)87-64-75(63-86-82-28-7-15-42-97(82)120-105(86)87)66-47-55-70(56-48-66)94-65-95(71-57-49-69(50-58-71)78-31-22-34-85-81-27-6-14-41-96(81)119-104(78)85)113-106(112-94)73-59-51-67(52-60-73)76-29-20-32-83-79-25-4-8-35-88(79)110(102(76)83)90-37-10-16-43-98(90)117-99-44-17-11-38-91(99)110/h1-65H. The highest BCUT2D eigenvalue weighted by Gasteiger charge is 2.54. The average Bonchev–Trinajstić information content (AvgIpc) is 1.50. The predicted octanol–water partition coefficient (Wildman–Crippen LogP) is 28.1. The monoisotopic (exact) mass is 1530 g/mol. The van der Waals surface area contributed by atoms with Gasteiger partial charge in [0, 0.05) is 77.2 Å². The van der Waals surface area contributed by atoms with E-state index < -0.39 is 10.8 Å². The highest BCUT2D eigenvalue weighted by Crippen LogP contribution is 2.66. The Balaban J connectivity index is 0.603. The number of furan rings is 2. The molecule has 6 heterocycles. The van der Waals surface area contributed by atoms with Crippen molar-refractivity contribution in [2.75, 3.05) is 0 Å². The Morgan fingerprint density at radius 1 is 0.183 bits per heavy atom. The Kier molecular flexibility index (Phi) is 14.8. The summed E-state index contributed by atoms with van der Waals surface area (Å²) in [6.07, 6.45) is 0. The van der Waals surface area contributed by atoms with Crippen molar-refractivity contribution >= 4 is 43.9 Å². The SMILES string of the molecule is c1ccc(-c2nc(-c3ccc(-c4cccc5c4C4(c6ccccc6Oc6ccccc64)c4ccccc4-5)cc3)nc(-c3cc(-c4ccc(-c5cc(-c6ccc(-c7cccc8c7oc7ccccc78)cc6)nc(-c6ccc(-c7cccc8c7C7(c9ccccc9Oc9ccccc97)c7ccccc7-8)cc6)n5)cc4)cc4c3oc3ccccc34)n2)cc1. The minimum absolute atomic E-state index is 0.481. The number of fused-ring (bicyclic) bond motifs is 24. The van der Waals surface area contributed by atoms with Crippen LogP contribution in [0.1, 0.15) is 44.5 Å². The van der Waals surface area contributed by atoms with E-state index in [9.17, 15) is 0 Å². The van der Waals surface area contributed by atoms with E-state index in [-0.39, 0.29) is 0 Å². The van der Waals surface area contributed by atoms with Crippen molar-refractivity contribution in [3.63, 3.8) is 0 Å². The molecule has 25 rings (SSSR count). The molecule has 0 atom stereocenters. The zero-order chi connectivity index (χ0) is 78.7. The Hall–Kier alpha value is -16.0. The van der Waals surface area contributed by atoms with Crippen LogP contribution in [0.15, 0.2) is 403 Å². The summed E-state index contributed by atoms with van der Waals surface area (Å²) < 4.78 is 27.0. The molecule has 0 amide bonds. The quantitative estimate of drug-likeness (QED) is 0.132. The number of ether oxygens (including phenoxy) is 2. The Morgan fingerprint density at radius 3 is 1.02 bits per heavy atom. The maximum Gasteiger partial charge on any atom is 0.167 e. The minimum atomic E-state index is -0.648. The fraction of sp³-hybridized carbons (Fsp3) is 0.0180. The molecule has 0 fully saturated rings. The summed E-state index contributed by atoms with van der Waals surface area (Å²) in [5.41, 5.74) is 31.3. The highest BCUT2D eigenvalue weighted by atomic mass is 16.5. The molecule has 9 nitrogen and oxygen atoms in total. The molecule has 4 aliphatic rings. The number of hydrogen-bond donors (Lipinski definition) is 0. The molecule has 120 heavy (non-hydrogen) atoms. The van der Waals surface area contributed by atoms with Crippen molar-refractivity contribution in [1.82, 2.24) is 24.9 Å². The van der Waals surface area contributed by atoms with Gasteiger partial charge in [0.1, 0.15) is 45.3 Å². The molecule has 0 saturated carbocycles. The van der Waals surface area contributed by atoms with Crippen LogP contribution >= 0.6 is 0 Å². The molecule has 0 unspecified atom stereocenters. The first kappa shape index (κ1) is 67.4. The summed E-state index contributed by atoms with van der Waals surface area (Å²) in [5.74, 6) is 5.56. The van der Waals surface area contributed by atoms with Crippen LogP contribution in [-0.4, -0.2) is 24.9 Å². The first-order chi connectivity index (χ1) is 59.4. The second-order valence-electron chi connectivity index (χ2n) is 31.5. The molecular weight excluding hydrogens is 1470 g/mol. The van der Waals surface area contributed by atoms with E-state index in [2.05, 4.69) is 340 Å². The van der Waals surface area contributed by atoms with E-state index in [1.807, 2.05) is 54.6 Å². The number of hydrogen-bond acceptors (Lipinski definition) is 9. The van der Waals surface area contributed by atoms with Crippen LogP contribution in [0.3, 0.4) is 0 Å². The van der Waals surface area contributed by atoms with Crippen LogP contribution in [0.4, 0.5) is 0 Å². The van der Waals surface area contributed by atoms with Gasteiger partial charge in [-0.2, -0.15) is 0 Å². The first-order valence-corrected chi connectivity index (χ1v) is 40.6. The minimum Gasteiger partial charge on any atom is -0.457 e. The van der Waals surface area contributed by atoms with Gasteiger partial charge in [-0.05, 0) is 138 Å². The Labute approximate surface area is 690 Å². The van der Waals surface area contributed by atoms with Crippen molar-refractivity contribution in [3.8, 4) is 158 Å². The lowest BCUT2D eigenvalue weighted by Crippen LogP contribution is -2.32. The molecular formula is C111H65N5O4. The summed E-state index contributed by atoms with van der Waals surface area (Å²) in [6.45, 7) is 0. The van der Waals surface area contributed by atoms with Gasteiger partial charge in [0.05, 0.1) is 27.8 Å². The second-order valence-corrected chi connectivity index (χ2v) is 31.5. The van der Waals surface area contributed by atoms with Crippen LogP contribution in [-0.2, 0) is 10.8 Å². The zero-order valence-corrected chi connectivity index (χ0v) is 64.4. The summed E-state index contributed by atoms with van der Waals surface area (Å²) in [4.78, 5) is 27.2. The highest BCUT2D eigenvalue weighted by molar-refractivity contribution is 6.12. The maximum atomic E-state index is 6.94. The summed E-state index contributed by atoms with van der Waals surface area (Å²) in [6, 6.07) is 140. The molecule has 0 saturated heterocycles. The lowest BCUT2D eigenvalue weighted by Gasteiger charge is -2.40. The van der Waals surface area contributed by atoms with Crippen LogP contribution in [0, 0.1) is 0 Å². The molecule has 0 bridgehead atoms. The van der Waals surface area contributed by atoms with Gasteiger partial charge in [-0.25, -0.2) is 24.9 Å². The molecule has 9 heteroatoms. The van der Waals surface area contributed by atoms with Crippen molar-refractivity contribution in [3.05, 3.63) is 439 Å². The van der Waals surface area contributed by atoms with Crippen LogP contribution in [0.5, 0.6) is 23.0 Å². The number of rotatable bonds is 10. The van der Waals surface area contributed by atoms with Gasteiger partial charge in [-0.15, -0.1) is 0 Å². The molecule has 4 aromatic heterocycles. The third kappa shape index (κ3) is 10.0. The van der Waals surface area contributed by atoms with Crippen LogP contribution in [0.2, 0.25) is 0 Å². The van der Waals surface area contributed by atoms with E-state index >= 15 is 0 Å². The van der Waals surface area contributed by atoms with Gasteiger partial charge in [0.25, 0.3) is 0 Å². The third-order valence-electron chi connectivity index (χ3n) is 25.2. The van der Waals surface area contributed by atoms with E-state index in [4.69, 9.17) is 43.2 Å². The predicted molar refractivity (Wildman–Crippen MR) is 479 cm³/mol. The first-order valence-electron chi connectivity index (χ1n) is 40.6. The fourth-order valence-corrected chi connectivity index (χ4v) is 19.9. The molecule has 17 aromatic carbocycles. The molecule has 2 spiro atoms. The molecule has 21 aromatic rings. The average molecular weight is 1530 g/mol. The van der Waals surface area contributed by atoms with Gasteiger partial charge in [-0.1, -0.05) is 340 Å². The summed E-state index contributed by atoms with van der Waals surface area (Å²) >= 11 is 0. The molecule has 0 N–H and O–H groups in total. The van der Waals surface area contributed by atoms with Crippen molar-refractivity contribution < 1.29 is 18.3 Å². The van der Waals surface area contributed by atoms with E-state index in [0.29, 0.717) is 28.9 Å². The second kappa shape index (κ2) is 26.3. The topological polar surface area (TPSA) is 109 Å². The number of benzene rings is 17. The summed E-state index contributed by atoms with van der Waals surface area (Å²) in [5, 5.41) is 4.10. The fourth-order valence-electron chi connectivity index (χ4n) is 19.9. The zero-order valence-electron chi connectivity index (χ0n) is 64.4. The lowest BCUT2D eigenvalue weighted by atomic mass is 9.64. The number of para-hydroxylation sites is 7. The third-order valence-corrected chi connectivity index (χ3v) is 25.2. The Morgan fingerprint density at radius 2 is 0.517 bits per heavy atom. The van der Waals surface area contributed by atoms with Gasteiger partial charge in [-0.3, -0.25) is 0 Å². The number of aromatic nitrogens is 5. The van der Waals surface area contributed by atoms with Crippen molar-refractivity contribution in [1.29, 1.82) is 0 Å². The van der Waals surface area contributed by atoms with Crippen molar-refractivity contribution in [2.45, 2.75) is 10.8 Å². The normalized spacial score (nSPS) is 13.3. The van der Waals surface area contributed by atoms with Crippen molar-refractivity contribution in [2.24, 2.45) is 0 Å². The van der Waals surface area contributed by atoms with Gasteiger partial charge in [0.15, 0.2) is 23.3 Å². The molecule has 0 radical (unpaired) electrons. The van der Waals surface area contributed by atoms with Gasteiger partial charge >= 0.3 is 0 Å². The van der Waals surface area contributed by atoms with Crippen LogP contribution in [0.25, 0.3) is 179 Å². The largest absolute Gasteiger partial charge is 0.457 e. The smallest absolute Gasteiger partial charge is 0.167 e. The van der Waals surface area contributed by atoms with E-state index in [1.54, 1.807) is 0 Å². The molecule has 558 valence electrons. The number of nitrogens with zero attached hydrogens (tertiary/aromatic N) is 5. The van der Waals surface area contributed by atoms with E-state index in [0.717, 1.165) is 173 Å². The Bertz CT molecular complexity index is 7750. The summed E-state index contributed by atoms with van der Waals surface area (Å²) in [7, 11) is 0. The van der Waals surface area contributed by atoms with E-state index in [1.165, 1.54) is 44.5 Å². The van der Waals surface area contributed by atoms with Gasteiger partial charge < -0.3 is 18.3 Å². The van der Waals surface area contributed by atoms with Crippen LogP contribution < -0.4 is 9.47 Å². The molecule has 2 aliphatic heterocycles.